The summed E-state index contributed by atoms with van der Waals surface area (Å²) in [6.07, 6.45) is 13.0. The van der Waals surface area contributed by atoms with Crippen molar-refractivity contribution >= 4 is 0 Å². The molecule has 1 heteroatoms. The van der Waals surface area contributed by atoms with Gasteiger partial charge in [-0.2, -0.15) is 0 Å². The first kappa shape index (κ1) is 8.31. The average molecular weight is 165 g/mol. The van der Waals surface area contributed by atoms with E-state index in [4.69, 9.17) is 0 Å². The van der Waals surface area contributed by atoms with Crippen molar-refractivity contribution in [1.29, 1.82) is 0 Å². The van der Waals surface area contributed by atoms with Crippen molar-refractivity contribution in [1.82, 2.24) is 4.90 Å². The summed E-state index contributed by atoms with van der Waals surface area (Å²) in [5.41, 5.74) is 0. The van der Waals surface area contributed by atoms with Gasteiger partial charge in [-0.1, -0.05) is 18.6 Å². The molecule has 1 unspecified atom stereocenters. The highest BCUT2D eigenvalue weighted by atomic mass is 15.2. The molecule has 68 valence electrons. The number of nitrogens with zero attached hydrogens (tertiary/aromatic N) is 1. The van der Waals surface area contributed by atoms with Crippen LogP contribution in [0.5, 0.6) is 0 Å². The Bertz CT molecular complexity index is 170. The van der Waals surface area contributed by atoms with Crippen molar-refractivity contribution in [3.8, 4) is 0 Å². The Kier molecular flexibility index (Phi) is 2.50. The summed E-state index contributed by atoms with van der Waals surface area (Å²) in [6, 6.07) is 1.77. The second-order valence-electron chi connectivity index (χ2n) is 4.19. The van der Waals surface area contributed by atoms with E-state index in [9.17, 15) is 0 Å². The van der Waals surface area contributed by atoms with Crippen LogP contribution in [0.25, 0.3) is 0 Å². The zero-order valence-electron chi connectivity index (χ0n) is 8.00. The fraction of sp³-hybridized carbons (Fsp3) is 0.818. The molecule has 0 saturated heterocycles. The third kappa shape index (κ3) is 1.56. The Labute approximate surface area is 75.4 Å². The smallest absolute Gasteiger partial charge is 0.0133 e. The predicted molar refractivity (Wildman–Crippen MR) is 52.2 cm³/mol. The van der Waals surface area contributed by atoms with E-state index < -0.39 is 0 Å². The van der Waals surface area contributed by atoms with Gasteiger partial charge in [-0.15, -0.1) is 0 Å². The summed E-state index contributed by atoms with van der Waals surface area (Å²) in [6.45, 7) is 0. The minimum Gasteiger partial charge on any atom is -0.300 e. The van der Waals surface area contributed by atoms with Crippen LogP contribution in [0.1, 0.15) is 38.5 Å². The summed E-state index contributed by atoms with van der Waals surface area (Å²) in [7, 11) is 2.31. The van der Waals surface area contributed by atoms with E-state index in [1.165, 1.54) is 38.5 Å². The largest absolute Gasteiger partial charge is 0.300 e. The number of allylic oxidation sites excluding steroid dienone is 1. The van der Waals surface area contributed by atoms with Crippen LogP contribution in [-0.2, 0) is 0 Å². The van der Waals surface area contributed by atoms with Crippen LogP contribution < -0.4 is 0 Å². The average Bonchev–Trinajstić information content (AvgIpc) is 2.03. The molecule has 0 aliphatic heterocycles. The molecule has 0 aromatic carbocycles. The fourth-order valence-electron chi connectivity index (χ4n) is 2.24. The normalized spacial score (nSPS) is 30.7. The van der Waals surface area contributed by atoms with E-state index in [1.807, 2.05) is 0 Å². The Hall–Kier alpha value is -0.300. The molecule has 1 saturated carbocycles. The van der Waals surface area contributed by atoms with Gasteiger partial charge in [0.15, 0.2) is 0 Å². The second kappa shape index (κ2) is 3.61. The Morgan fingerprint density at radius 1 is 1.08 bits per heavy atom. The van der Waals surface area contributed by atoms with Gasteiger partial charge in [-0.05, 0) is 39.2 Å². The quantitative estimate of drug-likeness (QED) is 0.568. The van der Waals surface area contributed by atoms with Crippen LogP contribution in [0.15, 0.2) is 12.2 Å². The lowest BCUT2D eigenvalue weighted by atomic mass is 9.89. The summed E-state index contributed by atoms with van der Waals surface area (Å²) in [5.74, 6) is 0. The van der Waals surface area contributed by atoms with Crippen LogP contribution in [-0.4, -0.2) is 24.0 Å². The molecule has 0 aromatic rings. The number of rotatable bonds is 2. The van der Waals surface area contributed by atoms with Crippen molar-refractivity contribution < 1.29 is 0 Å². The Balaban J connectivity index is 1.85. The molecule has 2 aliphatic carbocycles. The summed E-state index contributed by atoms with van der Waals surface area (Å²) >= 11 is 0. The molecule has 0 spiro atoms. The zero-order valence-corrected chi connectivity index (χ0v) is 8.00. The summed E-state index contributed by atoms with van der Waals surface area (Å²) < 4.78 is 0. The molecule has 1 atom stereocenters. The number of hydrogen-bond acceptors (Lipinski definition) is 1. The lowest BCUT2D eigenvalue weighted by molar-refractivity contribution is 0.104. The first-order valence-corrected chi connectivity index (χ1v) is 5.25. The van der Waals surface area contributed by atoms with Gasteiger partial charge < -0.3 is 4.90 Å². The van der Waals surface area contributed by atoms with Gasteiger partial charge in [0.05, 0.1) is 0 Å². The predicted octanol–water partition coefficient (Wildman–Crippen LogP) is 2.58. The van der Waals surface area contributed by atoms with Gasteiger partial charge in [0.25, 0.3) is 0 Å². The van der Waals surface area contributed by atoms with Gasteiger partial charge in [-0.3, -0.25) is 0 Å². The highest BCUT2D eigenvalue weighted by molar-refractivity contribution is 4.95. The maximum Gasteiger partial charge on any atom is 0.0133 e. The van der Waals surface area contributed by atoms with Crippen molar-refractivity contribution in [3.05, 3.63) is 12.2 Å². The van der Waals surface area contributed by atoms with Gasteiger partial charge in [0.1, 0.15) is 0 Å². The highest BCUT2D eigenvalue weighted by Crippen LogP contribution is 2.28. The minimum absolute atomic E-state index is 0.847. The third-order valence-corrected chi connectivity index (χ3v) is 3.47. The molecule has 1 nitrogen and oxygen atoms in total. The topological polar surface area (TPSA) is 3.24 Å². The number of hydrogen-bond donors (Lipinski definition) is 0. The van der Waals surface area contributed by atoms with Crippen molar-refractivity contribution in [3.63, 3.8) is 0 Å². The van der Waals surface area contributed by atoms with Crippen molar-refractivity contribution in [2.24, 2.45) is 0 Å². The van der Waals surface area contributed by atoms with Crippen molar-refractivity contribution in [2.45, 2.75) is 50.6 Å². The molecule has 12 heavy (non-hydrogen) atoms. The van der Waals surface area contributed by atoms with Crippen LogP contribution in [0.3, 0.4) is 0 Å². The molecule has 0 aromatic heterocycles. The molecule has 0 heterocycles. The first-order chi connectivity index (χ1) is 5.88. The van der Waals surface area contributed by atoms with Crippen LogP contribution in [0.2, 0.25) is 0 Å². The molecule has 2 aliphatic rings. The van der Waals surface area contributed by atoms with Gasteiger partial charge in [0.2, 0.25) is 0 Å². The van der Waals surface area contributed by atoms with Crippen LogP contribution in [0, 0.1) is 0 Å². The van der Waals surface area contributed by atoms with Crippen LogP contribution >= 0.6 is 0 Å². The van der Waals surface area contributed by atoms with Crippen LogP contribution in [0.4, 0.5) is 0 Å². The first-order valence-electron chi connectivity index (χ1n) is 5.25. The van der Waals surface area contributed by atoms with E-state index in [1.54, 1.807) is 0 Å². The molecule has 0 bridgehead atoms. The standard InChI is InChI=1S/C11H19N/c1-12(11-8-5-9-11)10-6-3-2-4-7-10/h2-3,10-11H,4-9H2,1H3. The molecule has 0 radical (unpaired) electrons. The Morgan fingerprint density at radius 3 is 2.42 bits per heavy atom. The summed E-state index contributed by atoms with van der Waals surface area (Å²) in [5, 5.41) is 0. The van der Waals surface area contributed by atoms with E-state index >= 15 is 0 Å². The van der Waals surface area contributed by atoms with E-state index in [-0.39, 0.29) is 0 Å². The monoisotopic (exact) mass is 165 g/mol. The second-order valence-corrected chi connectivity index (χ2v) is 4.19. The molecule has 2 rings (SSSR count). The van der Waals surface area contributed by atoms with Crippen molar-refractivity contribution in [2.75, 3.05) is 7.05 Å². The van der Waals surface area contributed by atoms with Gasteiger partial charge in [0, 0.05) is 12.1 Å². The minimum atomic E-state index is 0.847. The van der Waals surface area contributed by atoms with Gasteiger partial charge in [-0.25, -0.2) is 0 Å². The van der Waals surface area contributed by atoms with E-state index in [2.05, 4.69) is 24.1 Å². The zero-order chi connectivity index (χ0) is 8.39. The summed E-state index contributed by atoms with van der Waals surface area (Å²) in [4.78, 5) is 2.62. The maximum atomic E-state index is 2.62. The third-order valence-electron chi connectivity index (χ3n) is 3.47. The molecular formula is C11H19N. The molecule has 0 amide bonds. The molecule has 1 fully saturated rings. The lowest BCUT2D eigenvalue weighted by Crippen LogP contribution is -2.44. The fourth-order valence-corrected chi connectivity index (χ4v) is 2.24. The highest BCUT2D eigenvalue weighted by Gasteiger charge is 2.26. The lowest BCUT2D eigenvalue weighted by Gasteiger charge is -2.40. The molecular weight excluding hydrogens is 146 g/mol. The maximum absolute atomic E-state index is 2.62. The van der Waals surface area contributed by atoms with Gasteiger partial charge >= 0.3 is 0 Å². The Morgan fingerprint density at radius 2 is 1.92 bits per heavy atom. The molecule has 0 N–H and O–H groups in total. The SMILES string of the molecule is CN(C1CC=CCC1)C1CCC1. The van der Waals surface area contributed by atoms with E-state index in [0.29, 0.717) is 0 Å². The van der Waals surface area contributed by atoms with E-state index in [0.717, 1.165) is 12.1 Å².